The maximum atomic E-state index is 13.2. The Morgan fingerprint density at radius 3 is 2.62 bits per heavy atom. The van der Waals surface area contributed by atoms with Gasteiger partial charge in [-0.15, -0.1) is 0 Å². The Morgan fingerprint density at radius 2 is 2.05 bits per heavy atom. The predicted molar refractivity (Wildman–Crippen MR) is 78.7 cm³/mol. The number of carboxylic acid groups (broad SMARTS) is 1. The van der Waals surface area contributed by atoms with E-state index in [1.54, 1.807) is 17.9 Å². The number of anilines is 1. The Morgan fingerprint density at radius 1 is 1.38 bits per heavy atom. The van der Waals surface area contributed by atoms with Gasteiger partial charge >= 0.3 is 5.97 Å². The van der Waals surface area contributed by atoms with Gasteiger partial charge in [-0.05, 0) is 38.5 Å². The molecule has 1 amide bonds. The van der Waals surface area contributed by atoms with E-state index in [1.165, 1.54) is 12.1 Å². The molecule has 6 heteroatoms. The van der Waals surface area contributed by atoms with Crippen molar-refractivity contribution in [3.05, 3.63) is 29.6 Å². The largest absolute Gasteiger partial charge is 0.481 e. The third-order valence-electron chi connectivity index (χ3n) is 3.16. The summed E-state index contributed by atoms with van der Waals surface area (Å²) in [5.74, 6) is -1.60. The van der Waals surface area contributed by atoms with Gasteiger partial charge in [-0.25, -0.2) is 4.39 Å². The molecule has 21 heavy (non-hydrogen) atoms. The number of benzene rings is 1. The third-order valence-corrected chi connectivity index (χ3v) is 3.16. The molecule has 0 radical (unpaired) electrons. The lowest BCUT2D eigenvalue weighted by Gasteiger charge is -2.25. The Bertz CT molecular complexity index is 518. The van der Waals surface area contributed by atoms with E-state index in [-0.39, 0.29) is 24.9 Å². The van der Waals surface area contributed by atoms with Gasteiger partial charge in [-0.3, -0.25) is 14.5 Å². The minimum atomic E-state index is -0.901. The normalized spacial score (nSPS) is 11.0. The number of carbonyl (C=O) groups is 2. The summed E-state index contributed by atoms with van der Waals surface area (Å²) in [5.41, 5.74) is 1.20. The molecule has 0 atom stereocenters. The van der Waals surface area contributed by atoms with Crippen molar-refractivity contribution in [1.29, 1.82) is 0 Å². The summed E-state index contributed by atoms with van der Waals surface area (Å²) in [7, 11) is 0. The summed E-state index contributed by atoms with van der Waals surface area (Å²) < 4.78 is 13.2. The molecule has 0 fully saturated rings. The molecular weight excluding hydrogens is 275 g/mol. The van der Waals surface area contributed by atoms with E-state index in [4.69, 9.17) is 5.11 Å². The molecule has 0 bridgehead atoms. The lowest BCUT2D eigenvalue weighted by Crippen LogP contribution is -2.39. The van der Waals surface area contributed by atoms with E-state index in [2.05, 4.69) is 5.32 Å². The van der Waals surface area contributed by atoms with Crippen LogP contribution in [0.25, 0.3) is 0 Å². The predicted octanol–water partition coefficient (Wildman–Crippen LogP) is 2.26. The van der Waals surface area contributed by atoms with Crippen molar-refractivity contribution < 1.29 is 19.1 Å². The fraction of sp³-hybridized carbons (Fsp3) is 0.467. The maximum absolute atomic E-state index is 13.2. The van der Waals surface area contributed by atoms with E-state index in [1.807, 2.05) is 13.8 Å². The van der Waals surface area contributed by atoms with E-state index in [9.17, 15) is 14.0 Å². The number of carboxylic acids is 1. The third kappa shape index (κ3) is 5.91. The molecule has 2 N–H and O–H groups in total. The first-order valence-corrected chi connectivity index (χ1v) is 6.81. The van der Waals surface area contributed by atoms with Crippen LogP contribution in [0.2, 0.25) is 0 Å². The second-order valence-electron chi connectivity index (χ2n) is 5.22. The van der Waals surface area contributed by atoms with E-state index in [0.29, 0.717) is 12.2 Å². The first-order chi connectivity index (χ1) is 9.79. The van der Waals surface area contributed by atoms with E-state index >= 15 is 0 Å². The lowest BCUT2D eigenvalue weighted by atomic mass is 10.2. The maximum Gasteiger partial charge on any atom is 0.304 e. The molecule has 1 aromatic carbocycles. The van der Waals surface area contributed by atoms with Crippen LogP contribution in [0.3, 0.4) is 0 Å². The van der Waals surface area contributed by atoms with Gasteiger partial charge in [0.05, 0.1) is 13.0 Å². The van der Waals surface area contributed by atoms with Crippen LogP contribution < -0.4 is 5.32 Å². The van der Waals surface area contributed by atoms with Crippen molar-refractivity contribution in [2.75, 3.05) is 18.4 Å². The van der Waals surface area contributed by atoms with Crippen LogP contribution in [0, 0.1) is 12.7 Å². The number of aryl methyl sites for hydroxylation is 1. The second kappa shape index (κ2) is 7.73. The summed E-state index contributed by atoms with van der Waals surface area (Å²) in [5, 5.41) is 11.4. The quantitative estimate of drug-likeness (QED) is 0.809. The number of hydrogen-bond acceptors (Lipinski definition) is 3. The first kappa shape index (κ1) is 17.1. The highest BCUT2D eigenvalue weighted by Crippen LogP contribution is 2.16. The molecule has 0 saturated carbocycles. The van der Waals surface area contributed by atoms with E-state index in [0.717, 1.165) is 5.56 Å². The van der Waals surface area contributed by atoms with Gasteiger partial charge in [0.15, 0.2) is 0 Å². The second-order valence-corrected chi connectivity index (χ2v) is 5.22. The van der Waals surface area contributed by atoms with Crippen LogP contribution >= 0.6 is 0 Å². The molecule has 0 aliphatic rings. The first-order valence-electron chi connectivity index (χ1n) is 6.81. The summed E-state index contributed by atoms with van der Waals surface area (Å²) in [4.78, 5) is 24.4. The highest BCUT2D eigenvalue weighted by molar-refractivity contribution is 5.93. The molecule has 0 aromatic heterocycles. The van der Waals surface area contributed by atoms with Crippen molar-refractivity contribution in [3.8, 4) is 0 Å². The number of nitrogens with one attached hydrogen (secondary N) is 1. The van der Waals surface area contributed by atoms with Crippen molar-refractivity contribution in [1.82, 2.24) is 4.90 Å². The number of carbonyl (C=O) groups excluding carboxylic acids is 1. The highest BCUT2D eigenvalue weighted by Gasteiger charge is 2.16. The van der Waals surface area contributed by atoms with Gasteiger partial charge < -0.3 is 10.4 Å². The fourth-order valence-electron chi connectivity index (χ4n) is 1.86. The summed E-state index contributed by atoms with van der Waals surface area (Å²) in [6.45, 7) is 5.92. The zero-order valence-electron chi connectivity index (χ0n) is 12.5. The minimum Gasteiger partial charge on any atom is -0.481 e. The molecule has 0 saturated heterocycles. The van der Waals surface area contributed by atoms with Crippen molar-refractivity contribution in [2.45, 2.75) is 33.2 Å². The summed E-state index contributed by atoms with van der Waals surface area (Å²) >= 11 is 0. The van der Waals surface area contributed by atoms with Crippen LogP contribution in [0.4, 0.5) is 10.1 Å². The van der Waals surface area contributed by atoms with Gasteiger partial charge in [0, 0.05) is 18.3 Å². The number of hydrogen-bond donors (Lipinski definition) is 2. The van der Waals surface area contributed by atoms with Crippen LogP contribution in [0.15, 0.2) is 18.2 Å². The number of amides is 1. The van der Waals surface area contributed by atoms with Crippen molar-refractivity contribution in [2.24, 2.45) is 0 Å². The smallest absolute Gasteiger partial charge is 0.304 e. The number of halogens is 1. The SMILES string of the molecule is Cc1ccc(F)cc1NC(=O)CN(CCC(=O)O)C(C)C. The molecule has 0 aliphatic heterocycles. The van der Waals surface area contributed by atoms with Crippen LogP contribution in [0.5, 0.6) is 0 Å². The molecule has 1 rings (SSSR count). The van der Waals surface area contributed by atoms with Gasteiger partial charge in [-0.2, -0.15) is 0 Å². The number of nitrogens with zero attached hydrogens (tertiary/aromatic N) is 1. The Labute approximate surface area is 123 Å². The van der Waals surface area contributed by atoms with Gasteiger partial charge in [-0.1, -0.05) is 6.07 Å². The average molecular weight is 296 g/mol. The summed E-state index contributed by atoms with van der Waals surface area (Å²) in [6, 6.07) is 4.24. The fourth-order valence-corrected chi connectivity index (χ4v) is 1.86. The monoisotopic (exact) mass is 296 g/mol. The highest BCUT2D eigenvalue weighted by atomic mass is 19.1. The minimum absolute atomic E-state index is 0.0234. The standard InChI is InChI=1S/C15H21FN2O3/c1-10(2)18(7-6-15(20)21)9-14(19)17-13-8-12(16)5-4-11(13)3/h4-5,8,10H,6-7,9H2,1-3H3,(H,17,19)(H,20,21). The Kier molecular flexibility index (Phi) is 6.30. The van der Waals surface area contributed by atoms with Crippen LogP contribution in [0.1, 0.15) is 25.8 Å². The van der Waals surface area contributed by atoms with Crippen LogP contribution in [-0.2, 0) is 9.59 Å². The molecule has 0 aliphatic carbocycles. The topological polar surface area (TPSA) is 69.6 Å². The zero-order valence-corrected chi connectivity index (χ0v) is 12.5. The van der Waals surface area contributed by atoms with Crippen molar-refractivity contribution >= 4 is 17.6 Å². The lowest BCUT2D eigenvalue weighted by molar-refractivity contribution is -0.137. The van der Waals surface area contributed by atoms with Crippen molar-refractivity contribution in [3.63, 3.8) is 0 Å². The Hall–Kier alpha value is -1.95. The van der Waals surface area contributed by atoms with Crippen LogP contribution in [-0.4, -0.2) is 41.0 Å². The van der Waals surface area contributed by atoms with Gasteiger partial charge in [0.1, 0.15) is 5.82 Å². The Balaban J connectivity index is 2.65. The molecule has 5 nitrogen and oxygen atoms in total. The van der Waals surface area contributed by atoms with Gasteiger partial charge in [0.25, 0.3) is 0 Å². The summed E-state index contributed by atoms with van der Waals surface area (Å²) in [6.07, 6.45) is -0.0234. The zero-order chi connectivity index (χ0) is 16.0. The molecule has 0 heterocycles. The molecule has 0 spiro atoms. The molecule has 116 valence electrons. The number of rotatable bonds is 7. The molecule has 1 aromatic rings. The number of aliphatic carboxylic acids is 1. The van der Waals surface area contributed by atoms with E-state index < -0.39 is 11.8 Å². The van der Waals surface area contributed by atoms with Gasteiger partial charge in [0.2, 0.25) is 5.91 Å². The average Bonchev–Trinajstić information content (AvgIpc) is 2.38. The molecular formula is C15H21FN2O3. The molecule has 0 unspecified atom stereocenters.